The van der Waals surface area contributed by atoms with E-state index in [1.54, 1.807) is 12.1 Å². The van der Waals surface area contributed by atoms with E-state index in [0.717, 1.165) is 0 Å². The van der Waals surface area contributed by atoms with Gasteiger partial charge in [-0.05, 0) is 24.6 Å². The van der Waals surface area contributed by atoms with Crippen LogP contribution in [0.4, 0.5) is 0 Å². The molecule has 0 spiro atoms. The summed E-state index contributed by atoms with van der Waals surface area (Å²) < 4.78 is 38.0. The number of ether oxygens (including phenoxy) is 7. The van der Waals surface area contributed by atoms with Crippen molar-refractivity contribution in [3.05, 3.63) is 17.7 Å². The lowest BCUT2D eigenvalue weighted by Crippen LogP contribution is -2.61. The Kier molecular flexibility index (Phi) is 9.51. The molecular formula is C22H34O13. The Morgan fingerprint density at radius 3 is 1.77 bits per heavy atom. The standard InChI is InChI=1S/C22H34O13/c1-9-14(23)16(25)18(27)21(34-9)33-8-13-15(24)17(26)19(28)22(35-13)32-7-10-5-11(29-2)20(31-4)12(6-10)30-3/h5-6,9,13-19,21-28H,7-8H2,1-4H3/t9-,13+,14-,15+,16+,17-,18+,19+,21+,22+/m0/s1. The number of aliphatic hydroxyl groups is 6. The van der Waals surface area contributed by atoms with E-state index in [1.807, 2.05) is 0 Å². The van der Waals surface area contributed by atoms with E-state index in [4.69, 9.17) is 33.2 Å². The topological polar surface area (TPSA) is 186 Å². The van der Waals surface area contributed by atoms with E-state index in [2.05, 4.69) is 0 Å². The third-order valence-corrected chi connectivity index (χ3v) is 6.04. The van der Waals surface area contributed by atoms with Gasteiger partial charge in [0, 0.05) is 0 Å². The minimum Gasteiger partial charge on any atom is -0.493 e. The molecule has 13 heteroatoms. The summed E-state index contributed by atoms with van der Waals surface area (Å²) >= 11 is 0. The molecule has 0 unspecified atom stereocenters. The van der Waals surface area contributed by atoms with E-state index in [9.17, 15) is 30.6 Å². The van der Waals surface area contributed by atoms with E-state index in [0.29, 0.717) is 22.8 Å². The maximum atomic E-state index is 10.3. The molecule has 10 atom stereocenters. The summed E-state index contributed by atoms with van der Waals surface area (Å²) in [6, 6.07) is 3.29. The highest BCUT2D eigenvalue weighted by molar-refractivity contribution is 5.53. The van der Waals surface area contributed by atoms with Crippen molar-refractivity contribution < 1.29 is 63.8 Å². The minimum atomic E-state index is -1.62. The van der Waals surface area contributed by atoms with Gasteiger partial charge in [0.2, 0.25) is 5.75 Å². The molecule has 0 aliphatic carbocycles. The second-order valence-corrected chi connectivity index (χ2v) is 8.37. The lowest BCUT2D eigenvalue weighted by molar-refractivity contribution is -0.329. The van der Waals surface area contributed by atoms with Crippen LogP contribution in [-0.4, -0.2) is 120 Å². The molecule has 0 aromatic heterocycles. The molecule has 6 N–H and O–H groups in total. The van der Waals surface area contributed by atoms with Crippen molar-refractivity contribution in [3.63, 3.8) is 0 Å². The first kappa shape index (κ1) is 27.8. The third-order valence-electron chi connectivity index (χ3n) is 6.04. The predicted octanol–water partition coefficient (Wildman–Crippen LogP) is -2.12. The van der Waals surface area contributed by atoms with Crippen LogP contribution in [0, 0.1) is 0 Å². The van der Waals surface area contributed by atoms with Gasteiger partial charge in [0.15, 0.2) is 24.1 Å². The first-order valence-electron chi connectivity index (χ1n) is 11.0. The molecular weight excluding hydrogens is 472 g/mol. The molecule has 0 amide bonds. The lowest BCUT2D eigenvalue weighted by atomic mass is 9.98. The van der Waals surface area contributed by atoms with Crippen LogP contribution in [0.25, 0.3) is 0 Å². The normalized spacial score (nSPS) is 37.7. The molecule has 0 radical (unpaired) electrons. The summed E-state index contributed by atoms with van der Waals surface area (Å²) in [6.45, 7) is 1.03. The zero-order chi connectivity index (χ0) is 25.9. The second kappa shape index (κ2) is 12.0. The molecule has 0 bridgehead atoms. The average molecular weight is 507 g/mol. The monoisotopic (exact) mass is 506 g/mol. The van der Waals surface area contributed by atoms with Gasteiger partial charge in [-0.15, -0.1) is 0 Å². The Hall–Kier alpha value is -1.78. The van der Waals surface area contributed by atoms with Crippen molar-refractivity contribution in [2.45, 2.75) is 74.9 Å². The Bertz CT molecular complexity index is 798. The molecule has 2 aliphatic rings. The molecule has 0 saturated carbocycles. The Morgan fingerprint density at radius 1 is 0.686 bits per heavy atom. The van der Waals surface area contributed by atoms with Gasteiger partial charge in [0.25, 0.3) is 0 Å². The van der Waals surface area contributed by atoms with Crippen LogP contribution >= 0.6 is 0 Å². The summed E-state index contributed by atoms with van der Waals surface area (Å²) in [5.74, 6) is 1.18. The minimum absolute atomic E-state index is 0.0825. The van der Waals surface area contributed by atoms with Gasteiger partial charge in [0.05, 0.1) is 40.6 Å². The van der Waals surface area contributed by atoms with Crippen LogP contribution in [-0.2, 0) is 25.6 Å². The summed E-state index contributed by atoms with van der Waals surface area (Å²) in [5.41, 5.74) is 0.587. The summed E-state index contributed by atoms with van der Waals surface area (Å²) in [4.78, 5) is 0. The molecule has 1 aromatic rings. The molecule has 2 saturated heterocycles. The van der Waals surface area contributed by atoms with Crippen molar-refractivity contribution >= 4 is 0 Å². The van der Waals surface area contributed by atoms with E-state index < -0.39 is 61.4 Å². The highest BCUT2D eigenvalue weighted by Crippen LogP contribution is 2.38. The summed E-state index contributed by atoms with van der Waals surface area (Å²) in [7, 11) is 4.40. The first-order chi connectivity index (χ1) is 16.6. The Balaban J connectivity index is 1.65. The van der Waals surface area contributed by atoms with Crippen LogP contribution in [0.15, 0.2) is 12.1 Å². The fourth-order valence-electron chi connectivity index (χ4n) is 3.93. The SMILES string of the molecule is COc1cc(CO[C@@H]2O[C@H](CO[C@@H]3O[C@@H](C)[C@H](O)[C@@H](O)[C@H]3O)[C@@H](O)[C@H](O)[C@H]2O)cc(OC)c1OC. The van der Waals surface area contributed by atoms with Gasteiger partial charge in [-0.3, -0.25) is 0 Å². The fourth-order valence-corrected chi connectivity index (χ4v) is 3.93. The smallest absolute Gasteiger partial charge is 0.203 e. The summed E-state index contributed by atoms with van der Waals surface area (Å²) in [6.07, 6.45) is -13.7. The fraction of sp³-hybridized carbons (Fsp3) is 0.727. The van der Waals surface area contributed by atoms with Crippen molar-refractivity contribution in [2.75, 3.05) is 27.9 Å². The Labute approximate surface area is 202 Å². The second-order valence-electron chi connectivity index (χ2n) is 8.37. The zero-order valence-corrected chi connectivity index (χ0v) is 19.9. The molecule has 13 nitrogen and oxygen atoms in total. The lowest BCUT2D eigenvalue weighted by Gasteiger charge is -2.42. The number of rotatable bonds is 9. The van der Waals surface area contributed by atoms with Crippen molar-refractivity contribution in [3.8, 4) is 17.2 Å². The molecule has 2 heterocycles. The highest BCUT2D eigenvalue weighted by Gasteiger charge is 2.46. The molecule has 3 rings (SSSR count). The van der Waals surface area contributed by atoms with Gasteiger partial charge in [0.1, 0.15) is 42.7 Å². The number of hydrogen-bond donors (Lipinski definition) is 6. The molecule has 1 aromatic carbocycles. The van der Waals surface area contributed by atoms with Crippen LogP contribution in [0.3, 0.4) is 0 Å². The zero-order valence-electron chi connectivity index (χ0n) is 19.9. The van der Waals surface area contributed by atoms with Gasteiger partial charge in [-0.1, -0.05) is 0 Å². The van der Waals surface area contributed by atoms with Crippen LogP contribution in [0.2, 0.25) is 0 Å². The summed E-state index contributed by atoms with van der Waals surface area (Å²) in [5, 5.41) is 60.8. The first-order valence-corrected chi connectivity index (χ1v) is 11.0. The van der Waals surface area contributed by atoms with Gasteiger partial charge >= 0.3 is 0 Å². The van der Waals surface area contributed by atoms with Crippen LogP contribution < -0.4 is 14.2 Å². The van der Waals surface area contributed by atoms with E-state index in [1.165, 1.54) is 28.3 Å². The molecule has 35 heavy (non-hydrogen) atoms. The number of aliphatic hydroxyl groups excluding tert-OH is 6. The van der Waals surface area contributed by atoms with E-state index in [-0.39, 0.29) is 13.2 Å². The number of hydrogen-bond acceptors (Lipinski definition) is 13. The highest BCUT2D eigenvalue weighted by atomic mass is 16.7. The number of methoxy groups -OCH3 is 3. The number of benzene rings is 1. The molecule has 2 aliphatic heterocycles. The van der Waals surface area contributed by atoms with Crippen molar-refractivity contribution in [1.29, 1.82) is 0 Å². The van der Waals surface area contributed by atoms with Crippen LogP contribution in [0.1, 0.15) is 12.5 Å². The Morgan fingerprint density at radius 2 is 1.23 bits per heavy atom. The molecule has 200 valence electrons. The third kappa shape index (κ3) is 5.97. The van der Waals surface area contributed by atoms with Crippen molar-refractivity contribution in [2.24, 2.45) is 0 Å². The largest absolute Gasteiger partial charge is 0.493 e. The van der Waals surface area contributed by atoms with Crippen LogP contribution in [0.5, 0.6) is 17.2 Å². The predicted molar refractivity (Wildman–Crippen MR) is 116 cm³/mol. The van der Waals surface area contributed by atoms with Crippen molar-refractivity contribution in [1.82, 2.24) is 0 Å². The van der Waals surface area contributed by atoms with Gasteiger partial charge in [-0.2, -0.15) is 0 Å². The maximum absolute atomic E-state index is 10.3. The quantitative estimate of drug-likeness (QED) is 0.214. The molecule has 2 fully saturated rings. The average Bonchev–Trinajstić information content (AvgIpc) is 2.86. The van der Waals surface area contributed by atoms with Gasteiger partial charge < -0.3 is 63.8 Å². The maximum Gasteiger partial charge on any atom is 0.203 e. The van der Waals surface area contributed by atoms with E-state index >= 15 is 0 Å². The van der Waals surface area contributed by atoms with Gasteiger partial charge in [-0.25, -0.2) is 0 Å².